The molecule has 1 aromatic heterocycles. The molecule has 0 saturated heterocycles. The normalized spacial score (nSPS) is 13.2. The van der Waals surface area contributed by atoms with E-state index in [4.69, 9.17) is 0 Å². The van der Waals surface area contributed by atoms with Gasteiger partial charge in [-0.05, 0) is 32.6 Å². The first-order chi connectivity index (χ1) is 19.2. The van der Waals surface area contributed by atoms with Crippen LogP contribution in [0.5, 0.6) is 0 Å². The first-order valence-electron chi connectivity index (χ1n) is 18.3. The fourth-order valence-corrected chi connectivity index (χ4v) is 6.43. The van der Waals surface area contributed by atoms with Gasteiger partial charge in [-0.25, -0.2) is 9.55 Å². The molecule has 0 fully saturated rings. The minimum absolute atomic E-state index is 0.621. The van der Waals surface area contributed by atoms with Gasteiger partial charge in [-0.3, -0.25) is 0 Å². The van der Waals surface area contributed by atoms with Gasteiger partial charge in [0.25, 0.3) is 5.82 Å². The molecule has 0 aliphatic rings. The van der Waals surface area contributed by atoms with E-state index in [0.29, 0.717) is 12.0 Å². The lowest BCUT2D eigenvalue weighted by Gasteiger charge is -2.17. The Bertz CT molecular complexity index is 606. The molecule has 39 heavy (non-hydrogen) atoms. The van der Waals surface area contributed by atoms with Gasteiger partial charge in [-0.15, -0.1) is 0 Å². The highest BCUT2D eigenvalue weighted by Crippen LogP contribution is 2.27. The Labute approximate surface area is 246 Å². The topological polar surface area (TPSA) is 19.7 Å². The number of hydrogen-bond donors (Lipinski definition) is 1. The quantitative estimate of drug-likeness (QED) is 0.0732. The third-order valence-electron chi connectivity index (χ3n) is 9.14. The Morgan fingerprint density at radius 1 is 0.487 bits per heavy atom. The standard InChI is InChI=1S/C37H72N2/c1-5-8-11-14-17-19-20-21-22-24-27-30-35(4)39-34-33-38-37(39)36(31-28-25-16-13-10-7-3)32-29-26-23-18-15-12-9-6-2/h33-36H,5-32H2,1-4H3/p+1. The smallest absolute Gasteiger partial charge is 0.247 e. The van der Waals surface area contributed by atoms with E-state index >= 15 is 0 Å². The number of H-pyrrole nitrogens is 1. The lowest BCUT2D eigenvalue weighted by atomic mass is 9.93. The van der Waals surface area contributed by atoms with Crippen LogP contribution in [-0.2, 0) is 0 Å². The van der Waals surface area contributed by atoms with Crippen LogP contribution in [0.2, 0.25) is 0 Å². The lowest BCUT2D eigenvalue weighted by molar-refractivity contribution is -0.727. The van der Waals surface area contributed by atoms with E-state index in [0.717, 1.165) is 0 Å². The number of hydrogen-bond acceptors (Lipinski definition) is 0. The van der Waals surface area contributed by atoms with Gasteiger partial charge in [0.15, 0.2) is 0 Å². The van der Waals surface area contributed by atoms with Crippen LogP contribution in [-0.4, -0.2) is 4.98 Å². The van der Waals surface area contributed by atoms with E-state index in [2.05, 4.69) is 49.6 Å². The second-order valence-electron chi connectivity index (χ2n) is 12.9. The SMILES string of the molecule is CCCCCCCCCCCCCC(C)[n+]1cc[nH]c1C(CCCCCCCC)CCCCCCCCCC. The summed E-state index contributed by atoms with van der Waals surface area (Å²) in [6, 6.07) is 0.621. The fraction of sp³-hybridized carbons (Fsp3) is 0.919. The molecule has 2 nitrogen and oxygen atoms in total. The van der Waals surface area contributed by atoms with Crippen molar-refractivity contribution in [1.29, 1.82) is 0 Å². The van der Waals surface area contributed by atoms with Crippen molar-refractivity contribution in [1.82, 2.24) is 4.98 Å². The monoisotopic (exact) mass is 546 g/mol. The predicted octanol–water partition coefficient (Wildman–Crippen LogP) is 12.9. The summed E-state index contributed by atoms with van der Waals surface area (Å²) in [4.78, 5) is 3.73. The van der Waals surface area contributed by atoms with Crippen molar-refractivity contribution >= 4 is 0 Å². The molecule has 230 valence electrons. The second-order valence-corrected chi connectivity index (χ2v) is 12.9. The highest BCUT2D eigenvalue weighted by atomic mass is 15.1. The zero-order valence-corrected chi connectivity index (χ0v) is 27.6. The van der Waals surface area contributed by atoms with E-state index in [1.54, 1.807) is 0 Å². The molecule has 1 heterocycles. The Hall–Kier alpha value is -0.790. The van der Waals surface area contributed by atoms with Crippen molar-refractivity contribution in [3.63, 3.8) is 0 Å². The Morgan fingerprint density at radius 2 is 0.821 bits per heavy atom. The number of rotatable bonds is 30. The third-order valence-corrected chi connectivity index (χ3v) is 9.14. The van der Waals surface area contributed by atoms with Crippen molar-refractivity contribution in [2.45, 2.75) is 219 Å². The van der Waals surface area contributed by atoms with Crippen molar-refractivity contribution < 1.29 is 4.57 Å². The van der Waals surface area contributed by atoms with Gasteiger partial charge >= 0.3 is 0 Å². The van der Waals surface area contributed by atoms with Gasteiger partial charge in [0.1, 0.15) is 12.4 Å². The zero-order valence-electron chi connectivity index (χ0n) is 27.6. The molecule has 2 heteroatoms. The van der Waals surface area contributed by atoms with Gasteiger partial charge < -0.3 is 0 Å². The number of aromatic nitrogens is 2. The van der Waals surface area contributed by atoms with Crippen LogP contribution in [0, 0.1) is 0 Å². The largest absolute Gasteiger partial charge is 0.257 e. The summed E-state index contributed by atoms with van der Waals surface area (Å²) in [5.74, 6) is 2.24. The molecule has 0 bridgehead atoms. The summed E-state index contributed by atoms with van der Waals surface area (Å²) in [5, 5.41) is 0. The van der Waals surface area contributed by atoms with E-state index in [1.807, 2.05) is 0 Å². The van der Waals surface area contributed by atoms with Crippen molar-refractivity contribution in [2.24, 2.45) is 0 Å². The number of aromatic amines is 1. The summed E-state index contributed by atoms with van der Waals surface area (Å²) in [7, 11) is 0. The average molecular weight is 546 g/mol. The molecule has 0 aromatic carbocycles. The molecule has 0 aliphatic heterocycles. The molecule has 0 amide bonds. The van der Waals surface area contributed by atoms with Crippen molar-refractivity contribution in [3.05, 3.63) is 18.2 Å². The van der Waals surface area contributed by atoms with Gasteiger partial charge in [0.05, 0.1) is 12.0 Å². The molecule has 1 N–H and O–H groups in total. The van der Waals surface area contributed by atoms with Crippen LogP contribution in [0.15, 0.2) is 12.4 Å². The third kappa shape index (κ3) is 19.8. The van der Waals surface area contributed by atoms with Gasteiger partial charge in [-0.1, -0.05) is 175 Å². The lowest BCUT2D eigenvalue weighted by Crippen LogP contribution is -2.41. The molecule has 1 aromatic rings. The predicted molar refractivity (Wildman–Crippen MR) is 175 cm³/mol. The zero-order chi connectivity index (χ0) is 28.2. The Morgan fingerprint density at radius 3 is 1.21 bits per heavy atom. The number of imidazole rings is 1. The van der Waals surface area contributed by atoms with Crippen LogP contribution < -0.4 is 4.57 Å². The molecule has 2 atom stereocenters. The molecule has 0 radical (unpaired) electrons. The van der Waals surface area contributed by atoms with Crippen LogP contribution in [0.3, 0.4) is 0 Å². The Kier molecular flexibility index (Phi) is 25.4. The van der Waals surface area contributed by atoms with Crippen molar-refractivity contribution in [2.75, 3.05) is 0 Å². The summed E-state index contributed by atoms with van der Waals surface area (Å²) >= 11 is 0. The molecule has 0 spiro atoms. The van der Waals surface area contributed by atoms with Crippen LogP contribution >= 0.6 is 0 Å². The molecule has 2 unspecified atom stereocenters. The maximum atomic E-state index is 3.73. The summed E-state index contributed by atoms with van der Waals surface area (Å²) < 4.78 is 2.63. The van der Waals surface area contributed by atoms with Gasteiger partial charge in [-0.2, -0.15) is 0 Å². The molecule has 0 aliphatic carbocycles. The summed E-state index contributed by atoms with van der Waals surface area (Å²) in [6.45, 7) is 9.41. The number of nitrogens with zero attached hydrogens (tertiary/aromatic N) is 1. The van der Waals surface area contributed by atoms with Gasteiger partial charge in [0.2, 0.25) is 0 Å². The summed E-state index contributed by atoms with van der Waals surface area (Å²) in [5.41, 5.74) is 0. The highest BCUT2D eigenvalue weighted by molar-refractivity contribution is 4.90. The average Bonchev–Trinajstić information content (AvgIpc) is 3.44. The van der Waals surface area contributed by atoms with Crippen molar-refractivity contribution in [3.8, 4) is 0 Å². The fourth-order valence-electron chi connectivity index (χ4n) is 6.43. The molecule has 1 rings (SSSR count). The van der Waals surface area contributed by atoms with Crippen LogP contribution in [0.1, 0.15) is 225 Å². The Balaban J connectivity index is 2.41. The number of nitrogens with one attached hydrogen (secondary N) is 1. The maximum absolute atomic E-state index is 3.73. The van der Waals surface area contributed by atoms with Crippen LogP contribution in [0.4, 0.5) is 0 Å². The maximum Gasteiger partial charge on any atom is 0.257 e. The van der Waals surface area contributed by atoms with E-state index in [1.165, 1.54) is 186 Å². The van der Waals surface area contributed by atoms with Gasteiger partial charge in [0, 0.05) is 0 Å². The second kappa shape index (κ2) is 27.4. The number of unbranched alkanes of at least 4 members (excludes halogenated alkanes) is 22. The molecular weight excluding hydrogens is 472 g/mol. The minimum atomic E-state index is 0.621. The minimum Gasteiger partial charge on any atom is -0.247 e. The summed E-state index contributed by atoms with van der Waals surface area (Å²) in [6.07, 6.45) is 44.2. The first-order valence-corrected chi connectivity index (χ1v) is 18.3. The molecule has 0 saturated carbocycles. The van der Waals surface area contributed by atoms with E-state index in [-0.39, 0.29) is 0 Å². The molecular formula is C37H73N2+. The highest BCUT2D eigenvalue weighted by Gasteiger charge is 2.25. The van der Waals surface area contributed by atoms with E-state index in [9.17, 15) is 0 Å². The van der Waals surface area contributed by atoms with E-state index < -0.39 is 0 Å². The van der Waals surface area contributed by atoms with Crippen LogP contribution in [0.25, 0.3) is 0 Å². The first kappa shape index (κ1) is 36.2.